The normalized spacial score (nSPS) is 16.1. The molecule has 1 aromatic carbocycles. The predicted octanol–water partition coefficient (Wildman–Crippen LogP) is 3.77. The molecule has 0 aliphatic carbocycles. The number of morpholine rings is 1. The minimum Gasteiger partial charge on any atom is -0.492 e. The van der Waals surface area contributed by atoms with Crippen molar-refractivity contribution in [2.75, 3.05) is 51.4 Å². The minimum atomic E-state index is -0.450. The van der Waals surface area contributed by atoms with Gasteiger partial charge in [-0.2, -0.15) is 0 Å². The fraction of sp³-hybridized carbons (Fsp3) is 0.259. The molecule has 5 heterocycles. The molecule has 0 radical (unpaired) electrons. The quantitative estimate of drug-likeness (QED) is 0.333. The van der Waals surface area contributed by atoms with Crippen LogP contribution in [0.4, 0.5) is 5.82 Å². The van der Waals surface area contributed by atoms with Gasteiger partial charge in [0, 0.05) is 43.7 Å². The molecule has 2 aliphatic rings. The van der Waals surface area contributed by atoms with E-state index in [1.807, 2.05) is 41.8 Å². The molecule has 11 heteroatoms. The number of nitrogens with zero attached hydrogens (tertiary/aromatic N) is 4. The Morgan fingerprint density at radius 2 is 2.00 bits per heavy atom. The number of benzene rings is 1. The number of likely N-dealkylation sites (N-methyl/N-ethyl adjacent to an activating group) is 1. The highest BCUT2D eigenvalue weighted by Gasteiger charge is 2.28. The molecule has 0 bridgehead atoms. The summed E-state index contributed by atoms with van der Waals surface area (Å²) in [6.07, 6.45) is 1.30. The Morgan fingerprint density at radius 1 is 1.13 bits per heavy atom. The molecule has 1 N–H and O–H groups in total. The second-order valence-corrected chi connectivity index (χ2v) is 10.7. The van der Waals surface area contributed by atoms with Crippen LogP contribution in [0.1, 0.15) is 0 Å². The lowest BCUT2D eigenvalue weighted by Gasteiger charge is -2.26. The number of aromatic nitrogens is 2. The van der Waals surface area contributed by atoms with E-state index >= 15 is 0 Å². The number of rotatable bonds is 8. The molecular weight excluding hydrogens is 522 g/mol. The van der Waals surface area contributed by atoms with Crippen molar-refractivity contribution in [2.24, 2.45) is 0 Å². The van der Waals surface area contributed by atoms with Gasteiger partial charge >= 0.3 is 0 Å². The lowest BCUT2D eigenvalue weighted by molar-refractivity contribution is -0.123. The van der Waals surface area contributed by atoms with Gasteiger partial charge in [0.25, 0.3) is 11.8 Å². The Labute approximate surface area is 227 Å². The standard InChI is InChI=1S/C27H25N5O4S2/c1-31(20-15-22(33)28-26(20)34)25-23-19(16-38-27(23)30-24(29-25)21-6-3-13-37-21)17-4-2-5-18(14-17)36-12-9-32-7-10-35-11-8-32/h2-6,13-16H,7-12H2,1H3,(H,28,33,34). The number of carbonyl (C=O) groups excluding carboxylic acids is 2. The number of imide groups is 1. The highest BCUT2D eigenvalue weighted by Crippen LogP contribution is 2.41. The number of hydrogen-bond acceptors (Lipinski definition) is 10. The highest BCUT2D eigenvalue weighted by atomic mass is 32.1. The number of hydrogen-bond donors (Lipinski definition) is 1. The molecule has 38 heavy (non-hydrogen) atoms. The van der Waals surface area contributed by atoms with Crippen LogP contribution in [0.5, 0.6) is 5.75 Å². The maximum Gasteiger partial charge on any atom is 0.274 e. The van der Waals surface area contributed by atoms with Gasteiger partial charge in [0.1, 0.15) is 28.7 Å². The van der Waals surface area contributed by atoms with Crippen LogP contribution in [0.3, 0.4) is 0 Å². The van der Waals surface area contributed by atoms with E-state index in [2.05, 4.69) is 15.6 Å². The average Bonchev–Trinajstić information content (AvgIpc) is 3.69. The van der Waals surface area contributed by atoms with Gasteiger partial charge in [0.2, 0.25) is 0 Å². The van der Waals surface area contributed by atoms with Crippen LogP contribution in [0.25, 0.3) is 32.0 Å². The summed E-state index contributed by atoms with van der Waals surface area (Å²) in [6.45, 7) is 4.81. The van der Waals surface area contributed by atoms with E-state index in [0.29, 0.717) is 18.2 Å². The molecule has 2 amide bonds. The van der Waals surface area contributed by atoms with Crippen molar-refractivity contribution in [1.29, 1.82) is 0 Å². The monoisotopic (exact) mass is 547 g/mol. The second-order valence-electron chi connectivity index (χ2n) is 8.91. The molecule has 0 unspecified atom stereocenters. The maximum absolute atomic E-state index is 12.5. The number of nitrogens with one attached hydrogen (secondary N) is 1. The summed E-state index contributed by atoms with van der Waals surface area (Å²) in [5.41, 5.74) is 2.14. The second kappa shape index (κ2) is 10.6. The SMILES string of the molecule is CN(C1=CC(=O)NC1=O)c1nc(-c2cccs2)nc2scc(-c3cccc(OCCN4CCOCC4)c3)c12. The molecule has 4 aromatic rings. The van der Waals surface area contributed by atoms with E-state index in [1.165, 1.54) is 17.4 Å². The van der Waals surface area contributed by atoms with Crippen LogP contribution in [-0.4, -0.2) is 73.2 Å². The number of anilines is 1. The first-order valence-corrected chi connectivity index (χ1v) is 14.0. The van der Waals surface area contributed by atoms with Crippen molar-refractivity contribution >= 4 is 50.5 Å². The third-order valence-corrected chi connectivity index (χ3v) is 8.24. The Morgan fingerprint density at radius 3 is 2.76 bits per heavy atom. The van der Waals surface area contributed by atoms with Gasteiger partial charge in [0.05, 0.1) is 23.5 Å². The van der Waals surface area contributed by atoms with Gasteiger partial charge in [-0.05, 0) is 29.1 Å². The summed E-state index contributed by atoms with van der Waals surface area (Å²) >= 11 is 3.07. The summed E-state index contributed by atoms with van der Waals surface area (Å²) in [6, 6.07) is 11.9. The molecule has 6 rings (SSSR count). The molecule has 1 saturated heterocycles. The number of fused-ring (bicyclic) bond motifs is 1. The maximum atomic E-state index is 12.5. The first-order valence-electron chi connectivity index (χ1n) is 12.2. The van der Waals surface area contributed by atoms with Gasteiger partial charge in [-0.1, -0.05) is 18.2 Å². The van der Waals surface area contributed by atoms with Crippen LogP contribution in [0.2, 0.25) is 0 Å². The molecule has 2 aliphatic heterocycles. The van der Waals surface area contributed by atoms with Crippen molar-refractivity contribution in [3.8, 4) is 27.6 Å². The predicted molar refractivity (Wildman–Crippen MR) is 149 cm³/mol. The third-order valence-electron chi connectivity index (χ3n) is 6.50. The molecule has 0 atom stereocenters. The van der Waals surface area contributed by atoms with Crippen molar-refractivity contribution in [2.45, 2.75) is 0 Å². The summed E-state index contributed by atoms with van der Waals surface area (Å²) in [5.74, 6) is 1.03. The van der Waals surface area contributed by atoms with Crippen LogP contribution < -0.4 is 15.0 Å². The highest BCUT2D eigenvalue weighted by molar-refractivity contribution is 7.17. The van der Waals surface area contributed by atoms with Crippen molar-refractivity contribution in [3.63, 3.8) is 0 Å². The van der Waals surface area contributed by atoms with Gasteiger partial charge < -0.3 is 14.4 Å². The Kier molecular flexibility index (Phi) is 6.90. The molecule has 0 spiro atoms. The van der Waals surface area contributed by atoms with Crippen molar-refractivity contribution < 1.29 is 19.1 Å². The molecule has 194 valence electrons. The van der Waals surface area contributed by atoms with E-state index in [1.54, 1.807) is 23.3 Å². The molecule has 9 nitrogen and oxygen atoms in total. The van der Waals surface area contributed by atoms with Crippen molar-refractivity contribution in [3.05, 3.63) is 58.9 Å². The molecule has 0 saturated carbocycles. The topological polar surface area (TPSA) is 96.9 Å². The van der Waals surface area contributed by atoms with E-state index < -0.39 is 11.8 Å². The molecule has 1 fully saturated rings. The van der Waals surface area contributed by atoms with Gasteiger partial charge in [0.15, 0.2) is 5.82 Å². The zero-order valence-electron chi connectivity index (χ0n) is 20.7. The summed E-state index contributed by atoms with van der Waals surface area (Å²) in [4.78, 5) is 39.8. The van der Waals surface area contributed by atoms with E-state index in [9.17, 15) is 9.59 Å². The first kappa shape index (κ1) is 24.7. The van der Waals surface area contributed by atoms with Gasteiger partial charge in [-0.25, -0.2) is 9.97 Å². The zero-order valence-corrected chi connectivity index (χ0v) is 22.3. The third kappa shape index (κ3) is 4.93. The summed E-state index contributed by atoms with van der Waals surface area (Å²) in [5, 5.41) is 7.16. The fourth-order valence-electron chi connectivity index (χ4n) is 4.53. The minimum absolute atomic E-state index is 0.240. The summed E-state index contributed by atoms with van der Waals surface area (Å²) in [7, 11) is 1.75. The molecule has 3 aromatic heterocycles. The van der Waals surface area contributed by atoms with Crippen LogP contribution in [0, 0.1) is 0 Å². The van der Waals surface area contributed by atoms with Gasteiger partial charge in [-0.3, -0.25) is 19.8 Å². The smallest absolute Gasteiger partial charge is 0.274 e. The summed E-state index contributed by atoms with van der Waals surface area (Å²) < 4.78 is 11.5. The number of amides is 2. The lowest BCUT2D eigenvalue weighted by Crippen LogP contribution is -2.38. The van der Waals surface area contributed by atoms with Crippen LogP contribution in [-0.2, 0) is 14.3 Å². The average molecular weight is 548 g/mol. The first-order chi connectivity index (χ1) is 18.6. The number of carbonyl (C=O) groups is 2. The Hall–Kier alpha value is -3.64. The largest absolute Gasteiger partial charge is 0.492 e. The molecular formula is C27H25N5O4S2. The van der Waals surface area contributed by atoms with E-state index in [0.717, 1.165) is 64.8 Å². The van der Waals surface area contributed by atoms with Crippen LogP contribution in [0.15, 0.2) is 58.9 Å². The lowest BCUT2D eigenvalue weighted by atomic mass is 10.1. The number of thiophene rings is 2. The van der Waals surface area contributed by atoms with Crippen LogP contribution >= 0.6 is 22.7 Å². The zero-order chi connectivity index (χ0) is 26.1. The fourth-order valence-corrected chi connectivity index (χ4v) is 6.13. The van der Waals surface area contributed by atoms with Crippen molar-refractivity contribution in [1.82, 2.24) is 20.2 Å². The van der Waals surface area contributed by atoms with E-state index in [4.69, 9.17) is 19.4 Å². The van der Waals surface area contributed by atoms with E-state index in [-0.39, 0.29) is 5.70 Å². The van der Waals surface area contributed by atoms with Gasteiger partial charge in [-0.15, -0.1) is 22.7 Å². The Balaban J connectivity index is 1.36. The Bertz CT molecular complexity index is 1530. The number of ether oxygens (including phenoxy) is 2.